The summed E-state index contributed by atoms with van der Waals surface area (Å²) in [7, 11) is 1.68. The molecule has 3 heterocycles. The van der Waals surface area contributed by atoms with Crippen molar-refractivity contribution in [2.75, 3.05) is 13.7 Å². The molecule has 8 heteroatoms. The van der Waals surface area contributed by atoms with Crippen LogP contribution in [0.4, 0.5) is 0 Å². The van der Waals surface area contributed by atoms with Gasteiger partial charge in [-0.2, -0.15) is 0 Å². The first kappa shape index (κ1) is 28.8. The molecule has 3 N–H and O–H groups in total. The van der Waals surface area contributed by atoms with Crippen molar-refractivity contribution in [2.45, 2.75) is 50.7 Å². The summed E-state index contributed by atoms with van der Waals surface area (Å²) >= 11 is 0. The van der Waals surface area contributed by atoms with E-state index in [0.29, 0.717) is 19.4 Å². The molecule has 45 heavy (non-hydrogen) atoms. The van der Waals surface area contributed by atoms with Gasteiger partial charge in [-0.1, -0.05) is 72.8 Å². The Balaban J connectivity index is 1.26. The third-order valence-corrected chi connectivity index (χ3v) is 8.96. The fourth-order valence-corrected chi connectivity index (χ4v) is 6.54. The zero-order valence-corrected chi connectivity index (χ0v) is 25.5. The summed E-state index contributed by atoms with van der Waals surface area (Å²) in [5.74, 6) is 2.48. The molecule has 1 fully saturated rings. The number of aryl methyl sites for hydroxylation is 2. The quantitative estimate of drug-likeness (QED) is 0.172. The number of H-pyrrole nitrogens is 1. The zero-order chi connectivity index (χ0) is 30.6. The minimum absolute atomic E-state index is 0.0112. The number of hydrogen-bond donors (Lipinski definition) is 3. The second-order valence-corrected chi connectivity index (χ2v) is 11.8. The van der Waals surface area contributed by atoms with E-state index in [4.69, 9.17) is 14.9 Å². The first-order valence-electron chi connectivity index (χ1n) is 15.8. The normalized spacial score (nSPS) is 15.4. The van der Waals surface area contributed by atoms with E-state index in [1.165, 1.54) is 21.7 Å². The standard InChI is InChI=1S/C37H38N6O2/c1-45-29-18-15-25(16-19-29)24-43-35(20-17-28-23-39-32-13-5-4-12-31(28)32)41-42-36(43)34(40-37(44)33-14-7-21-38-33)22-27-10-6-9-26-8-2-3-11-30(26)27/h2-6,8-13,15-16,18-19,23,33-34,38-39H,7,14,17,20-22,24H2,1H3,(H,40,44). The van der Waals surface area contributed by atoms with Crippen molar-refractivity contribution in [3.05, 3.63) is 126 Å². The molecule has 7 rings (SSSR count). The summed E-state index contributed by atoms with van der Waals surface area (Å²) in [4.78, 5) is 17.0. The molecule has 0 bridgehead atoms. The van der Waals surface area contributed by atoms with Gasteiger partial charge in [0.05, 0.1) is 25.7 Å². The molecule has 6 aromatic rings. The molecule has 0 spiro atoms. The van der Waals surface area contributed by atoms with Gasteiger partial charge in [0.2, 0.25) is 5.91 Å². The number of nitrogens with one attached hydrogen (secondary N) is 3. The average molecular weight is 599 g/mol. The van der Waals surface area contributed by atoms with Crippen LogP contribution in [0, 0.1) is 0 Å². The van der Waals surface area contributed by atoms with E-state index in [1.54, 1.807) is 7.11 Å². The van der Waals surface area contributed by atoms with Gasteiger partial charge in [-0.15, -0.1) is 10.2 Å². The zero-order valence-electron chi connectivity index (χ0n) is 25.5. The Morgan fingerprint density at radius 3 is 2.56 bits per heavy atom. The van der Waals surface area contributed by atoms with Crippen LogP contribution in [0.2, 0.25) is 0 Å². The molecule has 1 aliphatic heterocycles. The van der Waals surface area contributed by atoms with Crippen molar-refractivity contribution in [1.29, 1.82) is 0 Å². The molecule has 8 nitrogen and oxygen atoms in total. The van der Waals surface area contributed by atoms with Gasteiger partial charge in [0.25, 0.3) is 0 Å². The maximum Gasteiger partial charge on any atom is 0.237 e. The van der Waals surface area contributed by atoms with Crippen LogP contribution in [0.15, 0.2) is 97.2 Å². The molecule has 4 aromatic carbocycles. The number of carbonyl (C=O) groups is 1. The SMILES string of the molecule is COc1ccc(Cn2c(CCc3c[nH]c4ccccc34)nnc2C(Cc2cccc3ccccc23)NC(=O)C2CCCN2)cc1. The Hall–Kier alpha value is -4.95. The fraction of sp³-hybridized carbons (Fsp3) is 0.270. The van der Waals surface area contributed by atoms with Crippen molar-refractivity contribution in [3.63, 3.8) is 0 Å². The number of methoxy groups -OCH3 is 1. The topological polar surface area (TPSA) is 96.9 Å². The number of fused-ring (bicyclic) bond motifs is 2. The van der Waals surface area contributed by atoms with Gasteiger partial charge in [-0.3, -0.25) is 4.79 Å². The summed E-state index contributed by atoms with van der Waals surface area (Å²) in [6.07, 6.45) is 6.05. The summed E-state index contributed by atoms with van der Waals surface area (Å²) in [6, 6.07) is 30.7. The van der Waals surface area contributed by atoms with E-state index in [1.807, 2.05) is 18.2 Å². The van der Waals surface area contributed by atoms with E-state index < -0.39 is 0 Å². The Kier molecular flexibility index (Phi) is 8.29. The van der Waals surface area contributed by atoms with Crippen LogP contribution in [0.5, 0.6) is 5.75 Å². The predicted octanol–water partition coefficient (Wildman–Crippen LogP) is 5.91. The van der Waals surface area contributed by atoms with Gasteiger partial charge in [-0.05, 0) is 71.5 Å². The molecule has 0 saturated carbocycles. The molecule has 1 aliphatic rings. The molecule has 1 saturated heterocycles. The van der Waals surface area contributed by atoms with Crippen LogP contribution < -0.4 is 15.4 Å². The summed E-state index contributed by atoms with van der Waals surface area (Å²) in [6.45, 7) is 1.44. The van der Waals surface area contributed by atoms with Crippen molar-refractivity contribution in [1.82, 2.24) is 30.4 Å². The van der Waals surface area contributed by atoms with E-state index in [2.05, 4.69) is 99.2 Å². The van der Waals surface area contributed by atoms with Gasteiger partial charge in [-0.25, -0.2) is 0 Å². The number of para-hydroxylation sites is 1. The third kappa shape index (κ3) is 6.19. The number of ether oxygens (including phenoxy) is 1. The highest BCUT2D eigenvalue weighted by Crippen LogP contribution is 2.27. The fourth-order valence-electron chi connectivity index (χ4n) is 6.54. The number of aromatic nitrogens is 4. The lowest BCUT2D eigenvalue weighted by molar-refractivity contribution is -0.123. The van der Waals surface area contributed by atoms with Gasteiger partial charge >= 0.3 is 0 Å². The molecule has 1 amide bonds. The summed E-state index contributed by atoms with van der Waals surface area (Å²) in [5, 5.41) is 19.9. The van der Waals surface area contributed by atoms with Crippen LogP contribution in [0.25, 0.3) is 21.7 Å². The van der Waals surface area contributed by atoms with Gasteiger partial charge in [0.1, 0.15) is 11.6 Å². The number of rotatable bonds is 11. The van der Waals surface area contributed by atoms with Crippen molar-refractivity contribution >= 4 is 27.6 Å². The Labute approximate surface area is 262 Å². The van der Waals surface area contributed by atoms with E-state index in [0.717, 1.165) is 59.8 Å². The highest BCUT2D eigenvalue weighted by Gasteiger charge is 2.29. The van der Waals surface area contributed by atoms with Crippen molar-refractivity contribution in [2.24, 2.45) is 0 Å². The maximum absolute atomic E-state index is 13.6. The van der Waals surface area contributed by atoms with E-state index in [9.17, 15) is 4.79 Å². The highest BCUT2D eigenvalue weighted by molar-refractivity contribution is 5.86. The molecular formula is C37H38N6O2. The summed E-state index contributed by atoms with van der Waals surface area (Å²) < 4.78 is 7.61. The average Bonchev–Trinajstić information content (AvgIpc) is 3.85. The van der Waals surface area contributed by atoms with Crippen LogP contribution in [0.1, 0.15) is 47.2 Å². The number of benzene rings is 4. The predicted molar refractivity (Wildman–Crippen MR) is 177 cm³/mol. The first-order chi connectivity index (χ1) is 22.2. The molecule has 2 atom stereocenters. The third-order valence-electron chi connectivity index (χ3n) is 8.96. The molecule has 2 unspecified atom stereocenters. The molecule has 2 aromatic heterocycles. The molecule has 0 radical (unpaired) electrons. The number of aromatic amines is 1. The Morgan fingerprint density at radius 1 is 0.933 bits per heavy atom. The summed E-state index contributed by atoms with van der Waals surface area (Å²) in [5.41, 5.74) is 4.65. The van der Waals surface area contributed by atoms with Gasteiger partial charge < -0.3 is 24.9 Å². The van der Waals surface area contributed by atoms with Gasteiger partial charge in [0.15, 0.2) is 5.82 Å². The monoisotopic (exact) mass is 598 g/mol. The van der Waals surface area contributed by atoms with Crippen LogP contribution in [0.3, 0.4) is 0 Å². The molecular weight excluding hydrogens is 560 g/mol. The largest absolute Gasteiger partial charge is 0.497 e. The number of carbonyl (C=O) groups excluding carboxylic acids is 1. The maximum atomic E-state index is 13.6. The van der Waals surface area contributed by atoms with Crippen LogP contribution in [-0.2, 0) is 30.6 Å². The minimum atomic E-state index is -0.363. The second-order valence-electron chi connectivity index (χ2n) is 11.8. The lowest BCUT2D eigenvalue weighted by atomic mass is 9.98. The highest BCUT2D eigenvalue weighted by atomic mass is 16.5. The lowest BCUT2D eigenvalue weighted by Crippen LogP contribution is -2.43. The van der Waals surface area contributed by atoms with Crippen molar-refractivity contribution in [3.8, 4) is 5.75 Å². The lowest BCUT2D eigenvalue weighted by Gasteiger charge is -2.23. The number of nitrogens with zero attached hydrogens (tertiary/aromatic N) is 3. The number of amides is 1. The number of hydrogen-bond acceptors (Lipinski definition) is 5. The van der Waals surface area contributed by atoms with Crippen LogP contribution >= 0.6 is 0 Å². The molecule has 228 valence electrons. The Morgan fingerprint density at radius 2 is 1.73 bits per heavy atom. The van der Waals surface area contributed by atoms with Gasteiger partial charge in [0, 0.05) is 29.9 Å². The first-order valence-corrected chi connectivity index (χ1v) is 15.8. The van der Waals surface area contributed by atoms with Crippen molar-refractivity contribution < 1.29 is 9.53 Å². The van der Waals surface area contributed by atoms with E-state index >= 15 is 0 Å². The molecule has 0 aliphatic carbocycles. The minimum Gasteiger partial charge on any atom is -0.497 e. The Bertz CT molecular complexity index is 1910. The van der Waals surface area contributed by atoms with E-state index in [-0.39, 0.29) is 18.0 Å². The smallest absolute Gasteiger partial charge is 0.237 e. The second kappa shape index (κ2) is 13.0. The van der Waals surface area contributed by atoms with Crippen LogP contribution in [-0.4, -0.2) is 45.4 Å².